The lowest BCUT2D eigenvalue weighted by molar-refractivity contribution is -0.0959. The van der Waals surface area contributed by atoms with E-state index in [0.717, 1.165) is 43.4 Å². The molecule has 2 aliphatic rings. The van der Waals surface area contributed by atoms with Gasteiger partial charge < -0.3 is 4.74 Å². The van der Waals surface area contributed by atoms with Gasteiger partial charge >= 0.3 is 0 Å². The standard InChI is InChI=1S/C15H20O2S2/c1-11-9-19-10-13(11)14(16)12-2-5-17-15(8-12)3-6-18-7-4-15/h9-10,12H,2-8H2,1H3. The Morgan fingerprint density at radius 1 is 1.37 bits per heavy atom. The average Bonchev–Trinajstić information content (AvgIpc) is 2.85. The number of aryl methyl sites for hydroxylation is 1. The molecule has 3 rings (SSSR count). The summed E-state index contributed by atoms with van der Waals surface area (Å²) in [6.45, 7) is 2.79. The van der Waals surface area contributed by atoms with Crippen LogP contribution >= 0.6 is 23.1 Å². The van der Waals surface area contributed by atoms with Gasteiger partial charge in [-0.05, 0) is 55.1 Å². The zero-order valence-corrected chi connectivity index (χ0v) is 12.9. The summed E-state index contributed by atoms with van der Waals surface area (Å²) in [6, 6.07) is 0. The lowest BCUT2D eigenvalue weighted by atomic mass is 9.78. The lowest BCUT2D eigenvalue weighted by Crippen LogP contribution is -2.44. The zero-order valence-electron chi connectivity index (χ0n) is 11.3. The second-order valence-electron chi connectivity index (χ2n) is 5.67. The third kappa shape index (κ3) is 2.76. The van der Waals surface area contributed by atoms with Crippen LogP contribution in [-0.2, 0) is 4.74 Å². The van der Waals surface area contributed by atoms with E-state index < -0.39 is 0 Å². The first-order valence-electron chi connectivity index (χ1n) is 6.99. The predicted molar refractivity (Wildman–Crippen MR) is 81.4 cm³/mol. The van der Waals surface area contributed by atoms with E-state index in [9.17, 15) is 4.79 Å². The molecule has 2 fully saturated rings. The number of thiophene rings is 1. The van der Waals surface area contributed by atoms with Crippen LogP contribution < -0.4 is 0 Å². The Balaban J connectivity index is 1.74. The number of ether oxygens (including phenoxy) is 1. The molecule has 1 atom stereocenters. The van der Waals surface area contributed by atoms with Gasteiger partial charge in [0.05, 0.1) is 5.60 Å². The fraction of sp³-hybridized carbons (Fsp3) is 0.667. The number of thioether (sulfide) groups is 1. The Labute approximate surface area is 122 Å². The van der Waals surface area contributed by atoms with Crippen molar-refractivity contribution in [2.24, 2.45) is 5.92 Å². The average molecular weight is 296 g/mol. The molecular weight excluding hydrogens is 276 g/mol. The molecule has 1 unspecified atom stereocenters. The van der Waals surface area contributed by atoms with Crippen molar-refractivity contribution < 1.29 is 9.53 Å². The van der Waals surface area contributed by atoms with E-state index in [1.165, 1.54) is 11.5 Å². The summed E-state index contributed by atoms with van der Waals surface area (Å²) in [7, 11) is 0. The molecule has 0 amide bonds. The van der Waals surface area contributed by atoms with Crippen LogP contribution in [-0.4, -0.2) is 29.5 Å². The van der Waals surface area contributed by atoms with Gasteiger partial charge in [0.1, 0.15) is 0 Å². The summed E-state index contributed by atoms with van der Waals surface area (Å²) >= 11 is 3.64. The quantitative estimate of drug-likeness (QED) is 0.773. The summed E-state index contributed by atoms with van der Waals surface area (Å²) in [5.41, 5.74) is 2.08. The highest BCUT2D eigenvalue weighted by Gasteiger charge is 2.41. The molecule has 0 aromatic carbocycles. The van der Waals surface area contributed by atoms with Crippen LogP contribution in [0.15, 0.2) is 10.8 Å². The Kier molecular flexibility index (Phi) is 4.01. The molecule has 3 heterocycles. The topological polar surface area (TPSA) is 26.3 Å². The van der Waals surface area contributed by atoms with Crippen LogP contribution in [0.5, 0.6) is 0 Å². The minimum absolute atomic E-state index is 0.00769. The van der Waals surface area contributed by atoms with E-state index in [1.807, 2.05) is 24.1 Å². The number of carbonyl (C=O) groups is 1. The van der Waals surface area contributed by atoms with Crippen molar-refractivity contribution in [1.29, 1.82) is 0 Å². The van der Waals surface area contributed by atoms with Crippen LogP contribution in [0.4, 0.5) is 0 Å². The SMILES string of the molecule is Cc1cscc1C(=O)C1CCOC2(CCSCC2)C1. The first kappa shape index (κ1) is 13.7. The van der Waals surface area contributed by atoms with Gasteiger partial charge in [0.2, 0.25) is 0 Å². The monoisotopic (exact) mass is 296 g/mol. The summed E-state index contributed by atoms with van der Waals surface area (Å²) in [6.07, 6.45) is 4.05. The van der Waals surface area contributed by atoms with Crippen molar-refractivity contribution >= 4 is 28.9 Å². The summed E-state index contributed by atoms with van der Waals surface area (Å²) < 4.78 is 6.07. The molecule has 2 nitrogen and oxygen atoms in total. The maximum Gasteiger partial charge on any atom is 0.167 e. The highest BCUT2D eigenvalue weighted by molar-refractivity contribution is 7.99. The van der Waals surface area contributed by atoms with Gasteiger partial charge in [-0.25, -0.2) is 0 Å². The minimum Gasteiger partial charge on any atom is -0.375 e. The predicted octanol–water partition coefficient (Wildman–Crippen LogP) is 3.93. The largest absolute Gasteiger partial charge is 0.375 e. The van der Waals surface area contributed by atoms with Gasteiger partial charge in [0, 0.05) is 23.5 Å². The second-order valence-corrected chi connectivity index (χ2v) is 7.63. The lowest BCUT2D eigenvalue weighted by Gasteiger charge is -2.42. The Morgan fingerprint density at radius 2 is 2.16 bits per heavy atom. The Bertz CT molecular complexity index is 455. The molecule has 104 valence electrons. The number of hydrogen-bond donors (Lipinski definition) is 0. The van der Waals surface area contributed by atoms with Crippen LogP contribution in [0.3, 0.4) is 0 Å². The Hall–Kier alpha value is -0.320. The maximum atomic E-state index is 12.7. The molecule has 0 N–H and O–H groups in total. The zero-order chi connectivity index (χ0) is 13.3. The summed E-state index contributed by atoms with van der Waals surface area (Å²) in [5, 5.41) is 4.08. The van der Waals surface area contributed by atoms with E-state index in [0.29, 0.717) is 5.78 Å². The fourth-order valence-electron chi connectivity index (χ4n) is 3.18. The summed E-state index contributed by atoms with van der Waals surface area (Å²) in [4.78, 5) is 12.7. The van der Waals surface area contributed by atoms with Crippen molar-refractivity contribution in [3.63, 3.8) is 0 Å². The van der Waals surface area contributed by atoms with Crippen LogP contribution in [0.1, 0.15) is 41.6 Å². The van der Waals surface area contributed by atoms with Crippen LogP contribution in [0.2, 0.25) is 0 Å². The van der Waals surface area contributed by atoms with Gasteiger partial charge in [-0.3, -0.25) is 4.79 Å². The van der Waals surface area contributed by atoms with Gasteiger partial charge in [0.15, 0.2) is 5.78 Å². The highest BCUT2D eigenvalue weighted by Crippen LogP contribution is 2.40. The normalized spacial score (nSPS) is 26.5. The molecule has 0 bridgehead atoms. The molecular formula is C15H20O2S2. The molecule has 0 saturated carbocycles. The number of rotatable bonds is 2. The van der Waals surface area contributed by atoms with Crippen molar-refractivity contribution in [3.8, 4) is 0 Å². The van der Waals surface area contributed by atoms with E-state index in [1.54, 1.807) is 11.3 Å². The minimum atomic E-state index is 0.00769. The molecule has 0 radical (unpaired) electrons. The number of hydrogen-bond acceptors (Lipinski definition) is 4. The van der Waals surface area contributed by atoms with Crippen molar-refractivity contribution in [2.45, 2.75) is 38.2 Å². The first-order chi connectivity index (χ1) is 9.20. The van der Waals surface area contributed by atoms with E-state index >= 15 is 0 Å². The molecule has 2 saturated heterocycles. The van der Waals surface area contributed by atoms with Gasteiger partial charge in [-0.15, -0.1) is 0 Å². The molecule has 1 spiro atoms. The third-order valence-electron chi connectivity index (χ3n) is 4.39. The molecule has 0 aliphatic carbocycles. The van der Waals surface area contributed by atoms with Crippen LogP contribution in [0, 0.1) is 12.8 Å². The van der Waals surface area contributed by atoms with Gasteiger partial charge in [-0.1, -0.05) is 0 Å². The van der Waals surface area contributed by atoms with E-state index in [4.69, 9.17) is 4.74 Å². The summed E-state index contributed by atoms with van der Waals surface area (Å²) in [5.74, 6) is 2.88. The number of ketones is 1. The number of carbonyl (C=O) groups excluding carboxylic acids is 1. The fourth-order valence-corrected chi connectivity index (χ4v) is 5.25. The van der Waals surface area contributed by atoms with Crippen molar-refractivity contribution in [1.82, 2.24) is 0 Å². The van der Waals surface area contributed by atoms with Crippen molar-refractivity contribution in [2.75, 3.05) is 18.1 Å². The first-order valence-corrected chi connectivity index (χ1v) is 9.09. The number of Topliss-reactive ketones (excluding diaryl/α,β-unsaturated/α-hetero) is 1. The molecule has 1 aromatic rings. The molecule has 4 heteroatoms. The third-order valence-corrected chi connectivity index (χ3v) is 6.24. The smallest absolute Gasteiger partial charge is 0.167 e. The second kappa shape index (κ2) is 5.58. The molecule has 2 aliphatic heterocycles. The van der Waals surface area contributed by atoms with E-state index in [2.05, 4.69) is 5.38 Å². The van der Waals surface area contributed by atoms with Crippen LogP contribution in [0.25, 0.3) is 0 Å². The maximum absolute atomic E-state index is 12.7. The van der Waals surface area contributed by atoms with Crippen molar-refractivity contribution in [3.05, 3.63) is 21.9 Å². The van der Waals surface area contributed by atoms with E-state index in [-0.39, 0.29) is 11.5 Å². The van der Waals surface area contributed by atoms with Gasteiger partial charge in [0.25, 0.3) is 0 Å². The van der Waals surface area contributed by atoms with Gasteiger partial charge in [-0.2, -0.15) is 23.1 Å². The molecule has 1 aromatic heterocycles. The highest BCUT2D eigenvalue weighted by atomic mass is 32.2. The Morgan fingerprint density at radius 3 is 2.84 bits per heavy atom. The molecule has 19 heavy (non-hydrogen) atoms.